The van der Waals surface area contributed by atoms with Crippen LogP contribution >= 0.6 is 0 Å². The van der Waals surface area contributed by atoms with Crippen molar-refractivity contribution in [2.75, 3.05) is 0 Å². The quantitative estimate of drug-likeness (QED) is 0.683. The predicted octanol–water partition coefficient (Wildman–Crippen LogP) is 4.79. The van der Waals surface area contributed by atoms with E-state index in [2.05, 4.69) is 0 Å². The average Bonchev–Trinajstić information content (AvgIpc) is 2.15. The van der Waals surface area contributed by atoms with Crippen molar-refractivity contribution in [2.45, 2.75) is 39.8 Å². The van der Waals surface area contributed by atoms with Crippen LogP contribution in [0.2, 0.25) is 0 Å². The summed E-state index contributed by atoms with van der Waals surface area (Å²) in [7, 11) is 0. The summed E-state index contributed by atoms with van der Waals surface area (Å²) in [5.41, 5.74) is 1.10. The summed E-state index contributed by atoms with van der Waals surface area (Å²) in [4.78, 5) is 0. The van der Waals surface area contributed by atoms with Crippen molar-refractivity contribution in [3.05, 3.63) is 40.8 Å². The molecule has 0 aliphatic rings. The first-order valence-corrected chi connectivity index (χ1v) is 5.25. The van der Waals surface area contributed by atoms with Crippen LogP contribution in [0.3, 0.4) is 0 Å². The van der Waals surface area contributed by atoms with E-state index in [0.717, 1.165) is 17.5 Å². The Morgan fingerprint density at radius 1 is 1.12 bits per heavy atom. The normalized spacial score (nSPS) is 12.6. The molecule has 0 unspecified atom stereocenters. The van der Waals surface area contributed by atoms with Crippen LogP contribution in [0.15, 0.2) is 18.2 Å². The molecule has 0 amide bonds. The van der Waals surface area contributed by atoms with E-state index in [1.54, 1.807) is 6.07 Å². The minimum absolute atomic E-state index is 0.229. The average molecular weight is 229 g/mol. The van der Waals surface area contributed by atoms with Crippen molar-refractivity contribution in [1.82, 2.24) is 0 Å². The first-order valence-electron chi connectivity index (χ1n) is 5.25. The van der Waals surface area contributed by atoms with Gasteiger partial charge in [-0.1, -0.05) is 33.8 Å². The fraction of sp³-hybridized carbons (Fsp3) is 0.462. The molecule has 1 aromatic rings. The summed E-state index contributed by atoms with van der Waals surface area (Å²) < 4.78 is 37.7. The van der Waals surface area contributed by atoms with Crippen LogP contribution < -0.4 is 0 Å². The second-order valence-corrected chi connectivity index (χ2v) is 4.45. The van der Waals surface area contributed by atoms with Crippen LogP contribution in [0.1, 0.15) is 50.3 Å². The molecule has 0 fully saturated rings. The SMILES string of the molecule is C[C](C)c1cc(C(F)(F)F)ccc1C(C)C. The maximum atomic E-state index is 12.6. The first kappa shape index (κ1) is 13.1. The first-order chi connectivity index (χ1) is 7.23. The molecule has 0 aromatic heterocycles. The Balaban J connectivity index is 3.29. The lowest BCUT2D eigenvalue weighted by Gasteiger charge is -2.18. The maximum absolute atomic E-state index is 12.6. The van der Waals surface area contributed by atoms with E-state index in [1.807, 2.05) is 27.7 Å². The predicted molar refractivity (Wildman–Crippen MR) is 59.2 cm³/mol. The lowest BCUT2D eigenvalue weighted by Crippen LogP contribution is -2.08. The van der Waals surface area contributed by atoms with E-state index in [0.29, 0.717) is 5.56 Å². The van der Waals surface area contributed by atoms with E-state index in [9.17, 15) is 13.2 Å². The lowest BCUT2D eigenvalue weighted by molar-refractivity contribution is -0.137. The van der Waals surface area contributed by atoms with Crippen LogP contribution in [0.4, 0.5) is 13.2 Å². The van der Waals surface area contributed by atoms with Gasteiger partial charge >= 0.3 is 6.18 Å². The van der Waals surface area contributed by atoms with Crippen LogP contribution in [-0.4, -0.2) is 0 Å². The Kier molecular flexibility index (Phi) is 3.66. The minimum Gasteiger partial charge on any atom is -0.166 e. The third kappa shape index (κ3) is 2.77. The van der Waals surface area contributed by atoms with Gasteiger partial charge in [0.25, 0.3) is 0 Å². The molecule has 0 aliphatic carbocycles. The topological polar surface area (TPSA) is 0 Å². The Hall–Kier alpha value is -0.990. The Bertz CT molecular complexity index is 362. The van der Waals surface area contributed by atoms with Crippen molar-refractivity contribution in [3.8, 4) is 0 Å². The van der Waals surface area contributed by atoms with Crippen molar-refractivity contribution in [3.63, 3.8) is 0 Å². The van der Waals surface area contributed by atoms with Gasteiger partial charge < -0.3 is 0 Å². The van der Waals surface area contributed by atoms with Gasteiger partial charge in [0.05, 0.1) is 5.56 Å². The minimum atomic E-state index is -4.26. The van der Waals surface area contributed by atoms with Crippen LogP contribution in [0.25, 0.3) is 0 Å². The van der Waals surface area contributed by atoms with Crippen molar-refractivity contribution < 1.29 is 13.2 Å². The molecule has 0 heterocycles. The van der Waals surface area contributed by atoms with E-state index >= 15 is 0 Å². The lowest BCUT2D eigenvalue weighted by atomic mass is 9.89. The summed E-state index contributed by atoms with van der Waals surface area (Å²) in [6, 6.07) is 3.97. The van der Waals surface area contributed by atoms with Crippen LogP contribution in [0.5, 0.6) is 0 Å². The monoisotopic (exact) mass is 229 g/mol. The highest BCUT2D eigenvalue weighted by atomic mass is 19.4. The van der Waals surface area contributed by atoms with Gasteiger partial charge in [-0.25, -0.2) is 0 Å². The Labute approximate surface area is 94.5 Å². The summed E-state index contributed by atoms with van der Waals surface area (Å²) in [6.07, 6.45) is -4.26. The molecule has 0 bridgehead atoms. The molecule has 3 heteroatoms. The molecular formula is C13H16F3. The highest BCUT2D eigenvalue weighted by Crippen LogP contribution is 2.34. The van der Waals surface area contributed by atoms with Gasteiger partial charge in [-0.05, 0) is 35.1 Å². The summed E-state index contributed by atoms with van der Waals surface area (Å²) in [6.45, 7) is 7.63. The van der Waals surface area contributed by atoms with Gasteiger partial charge in [0.15, 0.2) is 0 Å². The van der Waals surface area contributed by atoms with Gasteiger partial charge in [0.2, 0.25) is 0 Å². The van der Waals surface area contributed by atoms with Gasteiger partial charge in [-0.15, -0.1) is 0 Å². The van der Waals surface area contributed by atoms with Gasteiger partial charge in [-0.3, -0.25) is 0 Å². The van der Waals surface area contributed by atoms with Crippen LogP contribution in [-0.2, 0) is 6.18 Å². The molecule has 0 atom stereocenters. The van der Waals surface area contributed by atoms with Crippen molar-refractivity contribution >= 4 is 0 Å². The molecule has 0 N–H and O–H groups in total. The van der Waals surface area contributed by atoms with E-state index < -0.39 is 11.7 Å². The molecule has 0 saturated carbocycles. The van der Waals surface area contributed by atoms with Crippen molar-refractivity contribution in [2.24, 2.45) is 0 Å². The largest absolute Gasteiger partial charge is 0.416 e. The molecule has 0 nitrogen and oxygen atoms in total. The standard InChI is InChI=1S/C13H16F3/c1-8(2)11-6-5-10(13(14,15)16)7-12(11)9(3)4/h5-8H,1-4H3. The van der Waals surface area contributed by atoms with Crippen molar-refractivity contribution in [1.29, 1.82) is 0 Å². The molecule has 1 radical (unpaired) electrons. The third-order valence-corrected chi connectivity index (χ3v) is 2.54. The van der Waals surface area contributed by atoms with Gasteiger partial charge in [-0.2, -0.15) is 13.2 Å². The number of halogens is 3. The molecule has 1 rings (SSSR count). The Morgan fingerprint density at radius 3 is 2.06 bits per heavy atom. The molecule has 89 valence electrons. The molecule has 0 saturated heterocycles. The number of hydrogen-bond acceptors (Lipinski definition) is 0. The molecule has 1 aromatic carbocycles. The maximum Gasteiger partial charge on any atom is 0.416 e. The fourth-order valence-corrected chi connectivity index (χ4v) is 1.67. The molecule has 0 spiro atoms. The van der Waals surface area contributed by atoms with E-state index in [4.69, 9.17) is 0 Å². The zero-order chi connectivity index (χ0) is 12.5. The van der Waals surface area contributed by atoms with Crippen LogP contribution in [0, 0.1) is 5.92 Å². The zero-order valence-electron chi connectivity index (χ0n) is 9.94. The summed E-state index contributed by atoms with van der Waals surface area (Å²) in [5.74, 6) is 1.14. The smallest absolute Gasteiger partial charge is 0.166 e. The number of hydrogen-bond donors (Lipinski definition) is 0. The Morgan fingerprint density at radius 2 is 1.69 bits per heavy atom. The highest BCUT2D eigenvalue weighted by Gasteiger charge is 2.31. The summed E-state index contributed by atoms with van der Waals surface area (Å²) in [5, 5.41) is 0. The summed E-state index contributed by atoms with van der Waals surface area (Å²) >= 11 is 0. The number of alkyl halides is 3. The zero-order valence-corrected chi connectivity index (χ0v) is 9.94. The van der Waals surface area contributed by atoms with E-state index in [1.165, 1.54) is 6.07 Å². The molecule has 16 heavy (non-hydrogen) atoms. The second kappa shape index (κ2) is 4.48. The highest BCUT2D eigenvalue weighted by molar-refractivity contribution is 5.42. The third-order valence-electron chi connectivity index (χ3n) is 2.54. The fourth-order valence-electron chi connectivity index (χ4n) is 1.67. The van der Waals surface area contributed by atoms with Gasteiger partial charge in [0, 0.05) is 0 Å². The van der Waals surface area contributed by atoms with E-state index in [-0.39, 0.29) is 5.92 Å². The molecular weight excluding hydrogens is 213 g/mol. The second-order valence-electron chi connectivity index (χ2n) is 4.45. The number of benzene rings is 1. The number of rotatable bonds is 2. The molecule has 0 aliphatic heterocycles. The van der Waals surface area contributed by atoms with Gasteiger partial charge in [0.1, 0.15) is 0 Å².